The van der Waals surface area contributed by atoms with E-state index >= 15 is 0 Å². The summed E-state index contributed by atoms with van der Waals surface area (Å²) in [4.78, 5) is 11.3. The molecule has 0 aliphatic carbocycles. The molecule has 0 aliphatic heterocycles. The van der Waals surface area contributed by atoms with Gasteiger partial charge < -0.3 is 4.74 Å². The molecule has 20 heavy (non-hydrogen) atoms. The van der Waals surface area contributed by atoms with Gasteiger partial charge in [-0.25, -0.2) is 4.68 Å². The molecule has 0 fully saturated rings. The molecule has 0 radical (unpaired) electrons. The van der Waals surface area contributed by atoms with Crippen LogP contribution in [0.1, 0.15) is 28.0 Å². The van der Waals surface area contributed by atoms with E-state index < -0.39 is 0 Å². The number of aromatic nitrogens is 2. The van der Waals surface area contributed by atoms with Crippen LogP contribution in [0, 0.1) is 12.3 Å². The van der Waals surface area contributed by atoms with Gasteiger partial charge in [0.2, 0.25) is 5.88 Å². The minimum Gasteiger partial charge on any atom is -0.472 e. The molecule has 4 heteroatoms. The number of benzene rings is 1. The molecule has 1 heterocycles. The number of terminal acetylenes is 1. The summed E-state index contributed by atoms with van der Waals surface area (Å²) in [6, 6.07) is 9.77. The van der Waals surface area contributed by atoms with Gasteiger partial charge in [-0.2, -0.15) is 5.10 Å². The Hall–Kier alpha value is -2.54. The molecule has 2 rings (SSSR count). The van der Waals surface area contributed by atoms with E-state index in [2.05, 4.69) is 11.0 Å². The molecule has 1 aromatic carbocycles. The van der Waals surface area contributed by atoms with Gasteiger partial charge >= 0.3 is 0 Å². The van der Waals surface area contributed by atoms with E-state index in [-0.39, 0.29) is 0 Å². The second-order valence-corrected chi connectivity index (χ2v) is 4.39. The molecule has 1 aromatic heterocycles. The van der Waals surface area contributed by atoms with Crippen LogP contribution in [0.25, 0.3) is 0 Å². The predicted octanol–water partition coefficient (Wildman–Crippen LogP) is 2.38. The third-order valence-corrected chi connectivity index (χ3v) is 2.95. The lowest BCUT2D eigenvalue weighted by molar-refractivity contribution is 0.111. The molecule has 2 aromatic rings. The molecule has 102 valence electrons. The van der Waals surface area contributed by atoms with Gasteiger partial charge in [0, 0.05) is 19.9 Å². The Kier molecular flexibility index (Phi) is 4.56. The van der Waals surface area contributed by atoms with Crippen LogP contribution < -0.4 is 4.74 Å². The predicted molar refractivity (Wildman–Crippen MR) is 76.5 cm³/mol. The fraction of sp³-hybridized carbons (Fsp3) is 0.250. The van der Waals surface area contributed by atoms with Crippen LogP contribution in [0.4, 0.5) is 0 Å². The van der Waals surface area contributed by atoms with Gasteiger partial charge in [-0.1, -0.05) is 30.3 Å². The summed E-state index contributed by atoms with van der Waals surface area (Å²) in [5.41, 5.74) is 2.21. The highest BCUT2D eigenvalue weighted by Crippen LogP contribution is 2.22. The minimum atomic E-state index is 0.399. The molecular formula is C16H16N2O2. The zero-order chi connectivity index (χ0) is 14.4. The van der Waals surface area contributed by atoms with Crippen LogP contribution >= 0.6 is 0 Å². The van der Waals surface area contributed by atoms with E-state index in [1.54, 1.807) is 11.7 Å². The third kappa shape index (κ3) is 3.07. The lowest BCUT2D eigenvalue weighted by Crippen LogP contribution is -2.02. The second kappa shape index (κ2) is 6.58. The fourth-order valence-corrected chi connectivity index (χ4v) is 1.97. The Morgan fingerprint density at radius 3 is 2.80 bits per heavy atom. The lowest BCUT2D eigenvalue weighted by Gasteiger charge is -2.06. The molecule has 0 saturated carbocycles. The second-order valence-electron chi connectivity index (χ2n) is 4.39. The Morgan fingerprint density at radius 2 is 2.15 bits per heavy atom. The first-order chi connectivity index (χ1) is 9.76. The average Bonchev–Trinajstić information content (AvgIpc) is 2.79. The van der Waals surface area contributed by atoms with Crippen LogP contribution in [0.3, 0.4) is 0 Å². The van der Waals surface area contributed by atoms with Crippen molar-refractivity contribution in [2.24, 2.45) is 7.05 Å². The average molecular weight is 268 g/mol. The quantitative estimate of drug-likeness (QED) is 0.597. The van der Waals surface area contributed by atoms with E-state index in [1.807, 2.05) is 30.3 Å². The molecule has 0 aliphatic rings. The number of nitrogens with zero attached hydrogens (tertiary/aromatic N) is 2. The largest absolute Gasteiger partial charge is 0.472 e. The molecule has 0 unspecified atom stereocenters. The van der Waals surface area contributed by atoms with Gasteiger partial charge in [0.05, 0.1) is 11.3 Å². The number of carbonyl (C=O) groups is 1. The van der Waals surface area contributed by atoms with Gasteiger partial charge in [0.15, 0.2) is 6.29 Å². The lowest BCUT2D eigenvalue weighted by atomic mass is 10.1. The standard InChI is InChI=1S/C16H16N2O2/c1-3-4-10-15-14(11-19)16(18(2)17-15)20-12-13-8-6-5-7-9-13/h1,5-9,11H,4,10,12H2,2H3. The van der Waals surface area contributed by atoms with Crippen molar-refractivity contribution in [3.8, 4) is 18.2 Å². The summed E-state index contributed by atoms with van der Waals surface area (Å²) in [6.07, 6.45) is 7.15. The summed E-state index contributed by atoms with van der Waals surface area (Å²) in [5.74, 6) is 3.03. The Bertz CT molecular complexity index is 624. The number of ether oxygens (including phenoxy) is 1. The van der Waals surface area contributed by atoms with Crippen molar-refractivity contribution in [1.29, 1.82) is 0 Å². The van der Waals surface area contributed by atoms with Gasteiger partial charge in [-0.3, -0.25) is 4.79 Å². The molecule has 0 N–H and O–H groups in total. The SMILES string of the molecule is C#CCCc1nn(C)c(OCc2ccccc2)c1C=O. The maximum absolute atomic E-state index is 11.3. The minimum absolute atomic E-state index is 0.399. The third-order valence-electron chi connectivity index (χ3n) is 2.95. The van der Waals surface area contributed by atoms with Gasteiger partial charge in [-0.05, 0) is 5.56 Å². The zero-order valence-corrected chi connectivity index (χ0v) is 11.4. The van der Waals surface area contributed by atoms with Crippen molar-refractivity contribution in [1.82, 2.24) is 9.78 Å². The molecular weight excluding hydrogens is 252 g/mol. The summed E-state index contributed by atoms with van der Waals surface area (Å²) < 4.78 is 7.30. The van der Waals surface area contributed by atoms with E-state index in [4.69, 9.17) is 11.2 Å². The highest BCUT2D eigenvalue weighted by molar-refractivity contribution is 5.80. The van der Waals surface area contributed by atoms with Crippen LogP contribution in [0.5, 0.6) is 5.88 Å². The van der Waals surface area contributed by atoms with Crippen LogP contribution in [0.15, 0.2) is 30.3 Å². The maximum atomic E-state index is 11.3. The highest BCUT2D eigenvalue weighted by atomic mass is 16.5. The maximum Gasteiger partial charge on any atom is 0.222 e. The van der Waals surface area contributed by atoms with E-state index in [0.29, 0.717) is 36.6 Å². The molecule has 0 spiro atoms. The van der Waals surface area contributed by atoms with Crippen LogP contribution in [-0.2, 0) is 20.1 Å². The first-order valence-corrected chi connectivity index (χ1v) is 6.37. The number of aldehydes is 1. The van der Waals surface area contributed by atoms with E-state index in [0.717, 1.165) is 11.8 Å². The number of hydrogen-bond acceptors (Lipinski definition) is 3. The normalized spacial score (nSPS) is 10.0. The van der Waals surface area contributed by atoms with E-state index in [9.17, 15) is 4.79 Å². The number of aryl methyl sites for hydroxylation is 2. The summed E-state index contributed by atoms with van der Waals surface area (Å²) in [6.45, 7) is 0.399. The van der Waals surface area contributed by atoms with E-state index in [1.165, 1.54) is 0 Å². The number of carbonyl (C=O) groups excluding carboxylic acids is 1. The smallest absolute Gasteiger partial charge is 0.222 e. The van der Waals surface area contributed by atoms with Gasteiger partial charge in [0.25, 0.3) is 0 Å². The van der Waals surface area contributed by atoms with Crippen molar-refractivity contribution < 1.29 is 9.53 Å². The Balaban J connectivity index is 2.17. The Labute approximate surface area is 118 Å². The van der Waals surface area contributed by atoms with Crippen molar-refractivity contribution >= 4 is 6.29 Å². The number of hydrogen-bond donors (Lipinski definition) is 0. The summed E-state index contributed by atoms with van der Waals surface area (Å²) >= 11 is 0. The molecule has 0 amide bonds. The zero-order valence-electron chi connectivity index (χ0n) is 11.4. The van der Waals surface area contributed by atoms with Crippen LogP contribution in [-0.4, -0.2) is 16.1 Å². The van der Waals surface area contributed by atoms with Crippen molar-refractivity contribution in [3.05, 3.63) is 47.2 Å². The topological polar surface area (TPSA) is 44.1 Å². The van der Waals surface area contributed by atoms with Gasteiger partial charge in [0.1, 0.15) is 6.61 Å². The monoisotopic (exact) mass is 268 g/mol. The molecule has 0 atom stereocenters. The van der Waals surface area contributed by atoms with Crippen molar-refractivity contribution in [2.75, 3.05) is 0 Å². The highest BCUT2D eigenvalue weighted by Gasteiger charge is 2.16. The Morgan fingerprint density at radius 1 is 1.40 bits per heavy atom. The summed E-state index contributed by atoms with van der Waals surface area (Å²) in [7, 11) is 1.76. The number of rotatable bonds is 6. The first-order valence-electron chi connectivity index (χ1n) is 6.37. The summed E-state index contributed by atoms with van der Waals surface area (Å²) in [5, 5.41) is 4.30. The molecule has 0 bridgehead atoms. The van der Waals surface area contributed by atoms with Gasteiger partial charge in [-0.15, -0.1) is 12.3 Å². The van der Waals surface area contributed by atoms with Crippen LogP contribution in [0.2, 0.25) is 0 Å². The van der Waals surface area contributed by atoms with Crippen molar-refractivity contribution in [2.45, 2.75) is 19.4 Å². The fourth-order valence-electron chi connectivity index (χ4n) is 1.97. The van der Waals surface area contributed by atoms with Crippen molar-refractivity contribution in [3.63, 3.8) is 0 Å². The first kappa shape index (κ1) is 13.9. The molecule has 0 saturated heterocycles. The molecule has 4 nitrogen and oxygen atoms in total.